The zero-order valence-electron chi connectivity index (χ0n) is 11.2. The van der Waals surface area contributed by atoms with E-state index in [1.165, 1.54) is 0 Å². The lowest BCUT2D eigenvalue weighted by Gasteiger charge is -2.12. The molecule has 0 saturated heterocycles. The Bertz CT molecular complexity index is 715. The second kappa shape index (κ2) is 5.39. The van der Waals surface area contributed by atoms with Crippen LogP contribution in [-0.4, -0.2) is 12.2 Å². The maximum absolute atomic E-state index is 10.5. The SMILES string of the molecule is COc1ccccc1CC(O)c1coc2ccccc12. The average Bonchev–Trinajstić information content (AvgIpc) is 2.92. The van der Waals surface area contributed by atoms with E-state index in [-0.39, 0.29) is 0 Å². The van der Waals surface area contributed by atoms with Gasteiger partial charge >= 0.3 is 0 Å². The lowest BCUT2D eigenvalue weighted by Crippen LogP contribution is -2.02. The molecule has 1 unspecified atom stereocenters. The quantitative estimate of drug-likeness (QED) is 0.784. The van der Waals surface area contributed by atoms with E-state index in [9.17, 15) is 5.11 Å². The van der Waals surface area contributed by atoms with Gasteiger partial charge in [-0.1, -0.05) is 36.4 Å². The van der Waals surface area contributed by atoms with Crippen molar-refractivity contribution in [3.8, 4) is 5.75 Å². The second-order valence-electron chi connectivity index (χ2n) is 4.72. The number of aliphatic hydroxyl groups is 1. The van der Waals surface area contributed by atoms with Crippen molar-refractivity contribution in [1.29, 1.82) is 0 Å². The van der Waals surface area contributed by atoms with Crippen LogP contribution in [0.2, 0.25) is 0 Å². The molecule has 20 heavy (non-hydrogen) atoms. The van der Waals surface area contributed by atoms with Crippen LogP contribution in [0.4, 0.5) is 0 Å². The summed E-state index contributed by atoms with van der Waals surface area (Å²) in [4.78, 5) is 0. The topological polar surface area (TPSA) is 42.6 Å². The summed E-state index contributed by atoms with van der Waals surface area (Å²) < 4.78 is 10.8. The van der Waals surface area contributed by atoms with Crippen LogP contribution in [-0.2, 0) is 6.42 Å². The molecule has 1 atom stereocenters. The molecule has 0 radical (unpaired) electrons. The predicted molar refractivity (Wildman–Crippen MR) is 77.9 cm³/mol. The number of aliphatic hydroxyl groups excluding tert-OH is 1. The van der Waals surface area contributed by atoms with E-state index < -0.39 is 6.10 Å². The molecule has 0 aliphatic rings. The molecule has 3 rings (SSSR count). The highest BCUT2D eigenvalue weighted by atomic mass is 16.5. The Labute approximate surface area is 117 Å². The molecule has 1 N–H and O–H groups in total. The van der Waals surface area contributed by atoms with Gasteiger partial charge in [0.2, 0.25) is 0 Å². The second-order valence-corrected chi connectivity index (χ2v) is 4.72. The standard InChI is InChI=1S/C17H16O3/c1-19-16-8-4-2-6-12(16)10-15(18)14-11-20-17-9-5-3-7-13(14)17/h2-9,11,15,18H,10H2,1H3. The van der Waals surface area contributed by atoms with Gasteiger partial charge in [0.1, 0.15) is 11.3 Å². The van der Waals surface area contributed by atoms with Crippen molar-refractivity contribution in [2.45, 2.75) is 12.5 Å². The maximum Gasteiger partial charge on any atom is 0.134 e. The van der Waals surface area contributed by atoms with Crippen molar-refractivity contribution in [3.05, 3.63) is 65.9 Å². The largest absolute Gasteiger partial charge is 0.496 e. The van der Waals surface area contributed by atoms with Crippen LogP contribution in [0.25, 0.3) is 11.0 Å². The number of rotatable bonds is 4. The van der Waals surface area contributed by atoms with E-state index in [4.69, 9.17) is 9.15 Å². The van der Waals surface area contributed by atoms with E-state index in [1.807, 2.05) is 48.5 Å². The Morgan fingerprint density at radius 1 is 1.10 bits per heavy atom. The highest BCUT2D eigenvalue weighted by Crippen LogP contribution is 2.30. The Balaban J connectivity index is 1.91. The molecule has 0 fully saturated rings. The van der Waals surface area contributed by atoms with Crippen molar-refractivity contribution in [1.82, 2.24) is 0 Å². The third kappa shape index (κ3) is 2.28. The summed E-state index contributed by atoms with van der Waals surface area (Å²) in [7, 11) is 1.64. The van der Waals surface area contributed by atoms with Crippen LogP contribution in [0.3, 0.4) is 0 Å². The summed E-state index contributed by atoms with van der Waals surface area (Å²) in [5, 5.41) is 11.4. The van der Waals surface area contributed by atoms with Gasteiger partial charge in [-0.3, -0.25) is 0 Å². The van der Waals surface area contributed by atoms with E-state index in [2.05, 4.69) is 0 Å². The van der Waals surface area contributed by atoms with Crippen LogP contribution < -0.4 is 4.74 Å². The first-order valence-electron chi connectivity index (χ1n) is 6.55. The third-order valence-corrected chi connectivity index (χ3v) is 3.48. The molecule has 0 saturated carbocycles. The summed E-state index contributed by atoms with van der Waals surface area (Å²) >= 11 is 0. The summed E-state index contributed by atoms with van der Waals surface area (Å²) in [5.41, 5.74) is 2.58. The van der Waals surface area contributed by atoms with Gasteiger partial charge in [0.25, 0.3) is 0 Å². The van der Waals surface area contributed by atoms with Crippen LogP contribution in [0.5, 0.6) is 5.75 Å². The van der Waals surface area contributed by atoms with Crippen LogP contribution >= 0.6 is 0 Å². The lowest BCUT2D eigenvalue weighted by atomic mass is 10.0. The van der Waals surface area contributed by atoms with Crippen LogP contribution in [0.1, 0.15) is 17.2 Å². The van der Waals surface area contributed by atoms with Gasteiger partial charge in [0.05, 0.1) is 19.5 Å². The summed E-state index contributed by atoms with van der Waals surface area (Å²) in [6.45, 7) is 0. The van der Waals surface area contributed by atoms with Crippen molar-refractivity contribution in [2.24, 2.45) is 0 Å². The number of hydrogen-bond donors (Lipinski definition) is 1. The maximum atomic E-state index is 10.5. The number of benzene rings is 2. The van der Waals surface area contributed by atoms with Crippen molar-refractivity contribution in [3.63, 3.8) is 0 Å². The van der Waals surface area contributed by atoms with Gasteiger partial charge < -0.3 is 14.3 Å². The number of para-hydroxylation sites is 2. The number of ether oxygens (including phenoxy) is 1. The van der Waals surface area contributed by atoms with Crippen molar-refractivity contribution < 1.29 is 14.3 Å². The minimum atomic E-state index is -0.616. The Kier molecular flexibility index (Phi) is 3.44. The molecule has 0 aliphatic heterocycles. The Morgan fingerprint density at radius 2 is 1.85 bits per heavy atom. The Hall–Kier alpha value is -2.26. The third-order valence-electron chi connectivity index (χ3n) is 3.48. The highest BCUT2D eigenvalue weighted by Gasteiger charge is 2.16. The molecule has 0 spiro atoms. The summed E-state index contributed by atoms with van der Waals surface area (Å²) in [6, 6.07) is 15.4. The monoisotopic (exact) mass is 268 g/mol. The van der Waals surface area contributed by atoms with Gasteiger partial charge in [-0.25, -0.2) is 0 Å². The molecular weight excluding hydrogens is 252 g/mol. The number of fused-ring (bicyclic) bond motifs is 1. The Morgan fingerprint density at radius 3 is 2.70 bits per heavy atom. The fourth-order valence-corrected chi connectivity index (χ4v) is 2.45. The molecule has 3 heteroatoms. The normalized spacial score (nSPS) is 12.5. The van der Waals surface area contributed by atoms with Crippen molar-refractivity contribution in [2.75, 3.05) is 7.11 Å². The van der Waals surface area contributed by atoms with Gasteiger partial charge in [0.15, 0.2) is 0 Å². The fraction of sp³-hybridized carbons (Fsp3) is 0.176. The summed E-state index contributed by atoms with van der Waals surface area (Å²) in [5.74, 6) is 0.791. The molecule has 0 bridgehead atoms. The first kappa shape index (κ1) is 12.8. The molecule has 0 amide bonds. The molecule has 2 aromatic carbocycles. The van der Waals surface area contributed by atoms with Crippen molar-refractivity contribution >= 4 is 11.0 Å². The molecule has 3 aromatic rings. The molecule has 0 aliphatic carbocycles. The number of furan rings is 1. The molecule has 102 valence electrons. The fourth-order valence-electron chi connectivity index (χ4n) is 2.45. The van der Waals surface area contributed by atoms with E-state index in [1.54, 1.807) is 13.4 Å². The highest BCUT2D eigenvalue weighted by molar-refractivity contribution is 5.81. The minimum Gasteiger partial charge on any atom is -0.496 e. The number of methoxy groups -OCH3 is 1. The van der Waals surface area contributed by atoms with Gasteiger partial charge in [-0.2, -0.15) is 0 Å². The lowest BCUT2D eigenvalue weighted by molar-refractivity contribution is 0.177. The minimum absolute atomic E-state index is 0.494. The first-order valence-corrected chi connectivity index (χ1v) is 6.55. The van der Waals surface area contributed by atoms with E-state index >= 15 is 0 Å². The zero-order chi connectivity index (χ0) is 13.9. The molecular formula is C17H16O3. The average molecular weight is 268 g/mol. The molecule has 3 nitrogen and oxygen atoms in total. The van der Waals surface area contributed by atoms with Gasteiger partial charge in [-0.05, 0) is 17.7 Å². The smallest absolute Gasteiger partial charge is 0.134 e. The zero-order valence-corrected chi connectivity index (χ0v) is 11.2. The molecule has 1 heterocycles. The number of hydrogen-bond acceptors (Lipinski definition) is 3. The van der Waals surface area contributed by atoms with E-state index in [0.29, 0.717) is 6.42 Å². The van der Waals surface area contributed by atoms with Crippen LogP contribution in [0.15, 0.2) is 59.2 Å². The first-order chi connectivity index (χ1) is 9.79. The van der Waals surface area contributed by atoms with E-state index in [0.717, 1.165) is 27.8 Å². The van der Waals surface area contributed by atoms with Gasteiger partial charge in [-0.15, -0.1) is 0 Å². The van der Waals surface area contributed by atoms with Gasteiger partial charge in [0, 0.05) is 17.4 Å². The van der Waals surface area contributed by atoms with Crippen LogP contribution in [0, 0.1) is 0 Å². The molecule has 1 aromatic heterocycles. The summed E-state index contributed by atoms with van der Waals surface area (Å²) in [6.07, 6.45) is 1.51. The predicted octanol–water partition coefficient (Wildman–Crippen LogP) is 3.72.